The molecule has 0 saturated heterocycles. The summed E-state index contributed by atoms with van der Waals surface area (Å²) in [7, 11) is 1.67. The largest absolute Gasteiger partial charge is 0.497 e. The molecule has 1 aromatic carbocycles. The lowest BCUT2D eigenvalue weighted by atomic mass is 10.00. The molecular formula is C14H20N2O2. The molecule has 1 aliphatic rings. The summed E-state index contributed by atoms with van der Waals surface area (Å²) < 4.78 is 5.21. The number of ether oxygens (including phenoxy) is 1. The van der Waals surface area contributed by atoms with Gasteiger partial charge in [-0.1, -0.05) is 6.07 Å². The number of carbonyl (C=O) groups is 1. The molecule has 2 amide bonds. The summed E-state index contributed by atoms with van der Waals surface area (Å²) in [5.74, 6) is 0.883. The zero-order valence-electron chi connectivity index (χ0n) is 11.2. The highest BCUT2D eigenvalue weighted by Crippen LogP contribution is 2.23. The van der Waals surface area contributed by atoms with Crippen molar-refractivity contribution in [1.29, 1.82) is 0 Å². The lowest BCUT2D eigenvalue weighted by Gasteiger charge is -2.29. The van der Waals surface area contributed by atoms with Crippen molar-refractivity contribution in [3.8, 4) is 5.75 Å². The fourth-order valence-corrected chi connectivity index (χ4v) is 2.17. The van der Waals surface area contributed by atoms with E-state index in [0.29, 0.717) is 6.54 Å². The molecule has 0 bridgehead atoms. The van der Waals surface area contributed by atoms with Crippen LogP contribution in [0.25, 0.3) is 0 Å². The molecule has 98 valence electrons. The van der Waals surface area contributed by atoms with E-state index in [1.165, 1.54) is 11.1 Å². The zero-order valence-corrected chi connectivity index (χ0v) is 11.2. The Morgan fingerprint density at radius 1 is 1.39 bits per heavy atom. The van der Waals surface area contributed by atoms with Gasteiger partial charge in [0.05, 0.1) is 7.11 Å². The molecule has 2 rings (SSSR count). The molecule has 1 heterocycles. The topological polar surface area (TPSA) is 41.6 Å². The number of carbonyl (C=O) groups excluding carboxylic acids is 1. The second-order valence-electron chi connectivity index (χ2n) is 4.91. The second-order valence-corrected chi connectivity index (χ2v) is 4.91. The summed E-state index contributed by atoms with van der Waals surface area (Å²) >= 11 is 0. The number of urea groups is 1. The van der Waals surface area contributed by atoms with E-state index in [2.05, 4.69) is 11.4 Å². The number of benzene rings is 1. The minimum absolute atomic E-state index is 0.0199. The van der Waals surface area contributed by atoms with Crippen LogP contribution in [-0.2, 0) is 13.0 Å². The molecule has 4 heteroatoms. The molecule has 0 radical (unpaired) electrons. The number of amides is 2. The van der Waals surface area contributed by atoms with E-state index in [1.807, 2.05) is 30.9 Å². The number of fused-ring (bicyclic) bond motifs is 1. The van der Waals surface area contributed by atoms with Crippen molar-refractivity contribution in [3.05, 3.63) is 29.3 Å². The van der Waals surface area contributed by atoms with E-state index < -0.39 is 0 Å². The van der Waals surface area contributed by atoms with E-state index in [-0.39, 0.29) is 12.1 Å². The third-order valence-corrected chi connectivity index (χ3v) is 3.13. The van der Waals surface area contributed by atoms with Crippen LogP contribution in [0.3, 0.4) is 0 Å². The summed E-state index contributed by atoms with van der Waals surface area (Å²) in [5.41, 5.74) is 2.49. The number of nitrogens with one attached hydrogen (secondary N) is 1. The Balaban J connectivity index is 2.08. The van der Waals surface area contributed by atoms with Gasteiger partial charge < -0.3 is 15.0 Å². The fourth-order valence-electron chi connectivity index (χ4n) is 2.17. The molecule has 0 unspecified atom stereocenters. The van der Waals surface area contributed by atoms with Crippen LogP contribution >= 0.6 is 0 Å². The normalized spacial score (nSPS) is 14.3. The van der Waals surface area contributed by atoms with E-state index in [1.54, 1.807) is 7.11 Å². The van der Waals surface area contributed by atoms with Crippen LogP contribution in [0.15, 0.2) is 18.2 Å². The summed E-state index contributed by atoms with van der Waals surface area (Å²) in [6, 6.07) is 6.25. The number of rotatable bonds is 2. The van der Waals surface area contributed by atoms with Crippen LogP contribution in [0.2, 0.25) is 0 Å². The smallest absolute Gasteiger partial charge is 0.317 e. The van der Waals surface area contributed by atoms with E-state index in [0.717, 1.165) is 18.7 Å². The van der Waals surface area contributed by atoms with Gasteiger partial charge in [-0.05, 0) is 43.5 Å². The number of nitrogens with zero attached hydrogens (tertiary/aromatic N) is 1. The van der Waals surface area contributed by atoms with Crippen molar-refractivity contribution >= 4 is 6.03 Å². The van der Waals surface area contributed by atoms with Gasteiger partial charge in [-0.15, -0.1) is 0 Å². The molecule has 0 aromatic heterocycles. The van der Waals surface area contributed by atoms with Gasteiger partial charge in [0.25, 0.3) is 0 Å². The maximum absolute atomic E-state index is 11.9. The molecule has 1 N–H and O–H groups in total. The molecule has 4 nitrogen and oxygen atoms in total. The minimum Gasteiger partial charge on any atom is -0.497 e. The van der Waals surface area contributed by atoms with Crippen molar-refractivity contribution in [1.82, 2.24) is 10.2 Å². The average molecular weight is 248 g/mol. The van der Waals surface area contributed by atoms with E-state index in [4.69, 9.17) is 4.74 Å². The van der Waals surface area contributed by atoms with E-state index in [9.17, 15) is 4.79 Å². The summed E-state index contributed by atoms with van der Waals surface area (Å²) in [5, 5.41) is 2.93. The predicted molar refractivity (Wildman–Crippen MR) is 70.8 cm³/mol. The maximum atomic E-state index is 11.9. The number of hydrogen-bond acceptors (Lipinski definition) is 2. The fraction of sp³-hybridized carbons (Fsp3) is 0.500. The molecule has 0 atom stereocenters. The van der Waals surface area contributed by atoms with Crippen LogP contribution in [0.1, 0.15) is 25.0 Å². The summed E-state index contributed by atoms with van der Waals surface area (Å²) in [6.07, 6.45) is 0.887. The predicted octanol–water partition coefficient (Wildman–Crippen LogP) is 2.17. The van der Waals surface area contributed by atoms with Crippen LogP contribution < -0.4 is 10.1 Å². The molecule has 1 aromatic rings. The van der Waals surface area contributed by atoms with Crippen LogP contribution in [0.4, 0.5) is 4.79 Å². The van der Waals surface area contributed by atoms with Gasteiger partial charge in [0.1, 0.15) is 5.75 Å². The maximum Gasteiger partial charge on any atom is 0.317 e. The highest BCUT2D eigenvalue weighted by molar-refractivity contribution is 5.74. The molecule has 0 saturated carbocycles. The average Bonchev–Trinajstić information content (AvgIpc) is 2.36. The van der Waals surface area contributed by atoms with Crippen molar-refractivity contribution in [2.24, 2.45) is 0 Å². The SMILES string of the molecule is COc1ccc2c(c1)CCN(C(=O)NC(C)C)C2. The lowest BCUT2D eigenvalue weighted by Crippen LogP contribution is -2.45. The first-order valence-electron chi connectivity index (χ1n) is 6.31. The van der Waals surface area contributed by atoms with Gasteiger partial charge >= 0.3 is 6.03 Å². The standard InChI is InChI=1S/C14H20N2O2/c1-10(2)15-14(17)16-7-6-11-8-13(18-3)5-4-12(11)9-16/h4-5,8,10H,6-7,9H2,1-3H3,(H,15,17). The highest BCUT2D eigenvalue weighted by Gasteiger charge is 2.21. The van der Waals surface area contributed by atoms with Crippen LogP contribution in [0.5, 0.6) is 5.75 Å². The van der Waals surface area contributed by atoms with Crippen LogP contribution in [0, 0.1) is 0 Å². The summed E-state index contributed by atoms with van der Waals surface area (Å²) in [4.78, 5) is 13.8. The lowest BCUT2D eigenvalue weighted by molar-refractivity contribution is 0.190. The van der Waals surface area contributed by atoms with Crippen LogP contribution in [-0.4, -0.2) is 30.6 Å². The molecule has 0 spiro atoms. The Morgan fingerprint density at radius 3 is 2.83 bits per heavy atom. The van der Waals surface area contributed by atoms with Crippen molar-refractivity contribution in [2.45, 2.75) is 32.9 Å². The minimum atomic E-state index is 0.0199. The molecule has 1 aliphatic heterocycles. The summed E-state index contributed by atoms with van der Waals surface area (Å²) in [6.45, 7) is 5.39. The van der Waals surface area contributed by atoms with Gasteiger partial charge in [0.15, 0.2) is 0 Å². The first-order chi connectivity index (χ1) is 8.60. The first kappa shape index (κ1) is 12.7. The van der Waals surface area contributed by atoms with Gasteiger partial charge in [0.2, 0.25) is 0 Å². The highest BCUT2D eigenvalue weighted by atomic mass is 16.5. The molecule has 18 heavy (non-hydrogen) atoms. The van der Waals surface area contributed by atoms with Crippen molar-refractivity contribution in [3.63, 3.8) is 0 Å². The van der Waals surface area contributed by atoms with Crippen molar-refractivity contribution in [2.75, 3.05) is 13.7 Å². The first-order valence-corrected chi connectivity index (χ1v) is 6.31. The monoisotopic (exact) mass is 248 g/mol. The Kier molecular flexibility index (Phi) is 3.75. The molecule has 0 aliphatic carbocycles. The van der Waals surface area contributed by atoms with Gasteiger partial charge in [-0.25, -0.2) is 4.79 Å². The number of hydrogen-bond donors (Lipinski definition) is 1. The number of methoxy groups -OCH3 is 1. The Bertz CT molecular complexity index is 443. The van der Waals surface area contributed by atoms with Gasteiger partial charge in [0, 0.05) is 19.1 Å². The third-order valence-electron chi connectivity index (χ3n) is 3.13. The zero-order chi connectivity index (χ0) is 13.1. The quantitative estimate of drug-likeness (QED) is 0.871. The van der Waals surface area contributed by atoms with Crippen molar-refractivity contribution < 1.29 is 9.53 Å². The Hall–Kier alpha value is -1.71. The van der Waals surface area contributed by atoms with Gasteiger partial charge in [-0.2, -0.15) is 0 Å². The third kappa shape index (κ3) is 2.75. The second kappa shape index (κ2) is 5.29. The molecular weight excluding hydrogens is 228 g/mol. The van der Waals surface area contributed by atoms with Gasteiger partial charge in [-0.3, -0.25) is 0 Å². The van der Waals surface area contributed by atoms with E-state index >= 15 is 0 Å². The Labute approximate surface area is 108 Å². The molecule has 0 fully saturated rings. The Morgan fingerprint density at radius 2 is 2.17 bits per heavy atom.